The summed E-state index contributed by atoms with van der Waals surface area (Å²) in [6, 6.07) is 3.72. The second kappa shape index (κ2) is 4.79. The summed E-state index contributed by atoms with van der Waals surface area (Å²) in [5.41, 5.74) is 5.10. The molecule has 0 saturated heterocycles. The summed E-state index contributed by atoms with van der Waals surface area (Å²) in [6.45, 7) is 0. The van der Waals surface area contributed by atoms with Crippen molar-refractivity contribution in [3.8, 4) is 11.3 Å². The fourth-order valence-electron chi connectivity index (χ4n) is 2.00. The second-order valence-electron chi connectivity index (χ2n) is 4.49. The molecule has 3 aromatic rings. The summed E-state index contributed by atoms with van der Waals surface area (Å²) in [5.74, 6) is -0.688. The van der Waals surface area contributed by atoms with Crippen LogP contribution in [-0.2, 0) is 6.18 Å². The number of aromatic amines is 1. The van der Waals surface area contributed by atoms with Crippen molar-refractivity contribution in [2.24, 2.45) is 5.73 Å². The topological polar surface area (TPSA) is 97.5 Å². The van der Waals surface area contributed by atoms with Crippen LogP contribution in [0.3, 0.4) is 0 Å². The van der Waals surface area contributed by atoms with Crippen molar-refractivity contribution in [2.75, 3.05) is 0 Å². The summed E-state index contributed by atoms with van der Waals surface area (Å²) >= 11 is 0. The molecule has 0 bridgehead atoms. The van der Waals surface area contributed by atoms with Crippen LogP contribution in [0.4, 0.5) is 13.2 Å². The van der Waals surface area contributed by atoms with Gasteiger partial charge in [0.2, 0.25) is 5.91 Å². The van der Waals surface area contributed by atoms with Crippen LogP contribution in [0.1, 0.15) is 16.1 Å². The predicted molar refractivity (Wildman–Crippen MR) is 70.6 cm³/mol. The zero-order valence-corrected chi connectivity index (χ0v) is 10.8. The van der Waals surface area contributed by atoms with Gasteiger partial charge in [0.05, 0.1) is 11.3 Å². The van der Waals surface area contributed by atoms with Gasteiger partial charge in [-0.3, -0.25) is 14.9 Å². The van der Waals surface area contributed by atoms with E-state index >= 15 is 0 Å². The molecular weight excluding hydrogens is 299 g/mol. The molecule has 9 heteroatoms. The molecule has 6 nitrogen and oxygen atoms in total. The molecule has 22 heavy (non-hydrogen) atoms. The van der Waals surface area contributed by atoms with E-state index in [-0.39, 0.29) is 16.8 Å². The first-order valence-corrected chi connectivity index (χ1v) is 6.04. The van der Waals surface area contributed by atoms with Gasteiger partial charge in [0.15, 0.2) is 5.65 Å². The molecule has 3 rings (SSSR count). The van der Waals surface area contributed by atoms with Gasteiger partial charge in [0, 0.05) is 23.3 Å². The van der Waals surface area contributed by atoms with Crippen molar-refractivity contribution in [3.63, 3.8) is 0 Å². The number of halogens is 3. The lowest BCUT2D eigenvalue weighted by Crippen LogP contribution is -2.11. The van der Waals surface area contributed by atoms with Crippen LogP contribution in [0.5, 0.6) is 0 Å². The van der Waals surface area contributed by atoms with E-state index in [1.807, 2.05) is 0 Å². The quantitative estimate of drug-likeness (QED) is 0.758. The average molecular weight is 307 g/mol. The standard InChI is InChI=1S/C13H8F3N5O/c14-13(15,16)9-4-6(1-2-18-9)10-8-3-7(11(17)22)5-19-12(8)21-20-10/h1-5H,(H2,17,22)(H,19,20,21). The Morgan fingerprint density at radius 1 is 1.23 bits per heavy atom. The van der Waals surface area contributed by atoms with Gasteiger partial charge in [-0.25, -0.2) is 4.98 Å². The lowest BCUT2D eigenvalue weighted by molar-refractivity contribution is -0.141. The first kappa shape index (κ1) is 14.0. The third kappa shape index (κ3) is 2.36. The number of amides is 1. The minimum absolute atomic E-state index is 0.139. The van der Waals surface area contributed by atoms with Crippen LogP contribution in [0, 0.1) is 0 Å². The molecule has 0 aromatic carbocycles. The second-order valence-corrected chi connectivity index (χ2v) is 4.49. The Hall–Kier alpha value is -2.97. The highest BCUT2D eigenvalue weighted by Gasteiger charge is 2.32. The lowest BCUT2D eigenvalue weighted by Gasteiger charge is -2.06. The first-order valence-electron chi connectivity index (χ1n) is 6.04. The molecule has 0 aliphatic carbocycles. The monoisotopic (exact) mass is 307 g/mol. The van der Waals surface area contributed by atoms with Crippen molar-refractivity contribution in [1.82, 2.24) is 20.2 Å². The molecule has 0 fully saturated rings. The van der Waals surface area contributed by atoms with Crippen molar-refractivity contribution in [3.05, 3.63) is 41.9 Å². The lowest BCUT2D eigenvalue weighted by atomic mass is 10.1. The smallest absolute Gasteiger partial charge is 0.366 e. The Bertz CT molecular complexity index is 871. The number of nitrogens with two attached hydrogens (primary N) is 1. The van der Waals surface area contributed by atoms with E-state index in [2.05, 4.69) is 20.2 Å². The summed E-state index contributed by atoms with van der Waals surface area (Å²) in [5, 5.41) is 6.91. The van der Waals surface area contributed by atoms with Crippen LogP contribution in [0.25, 0.3) is 22.3 Å². The number of H-pyrrole nitrogens is 1. The Kier molecular flexibility index (Phi) is 3.05. The Morgan fingerprint density at radius 3 is 2.68 bits per heavy atom. The van der Waals surface area contributed by atoms with Crippen molar-refractivity contribution < 1.29 is 18.0 Å². The average Bonchev–Trinajstić information content (AvgIpc) is 2.89. The molecule has 0 spiro atoms. The molecule has 0 aliphatic heterocycles. The number of aromatic nitrogens is 4. The number of fused-ring (bicyclic) bond motifs is 1. The number of rotatable bonds is 2. The van der Waals surface area contributed by atoms with Crippen LogP contribution >= 0.6 is 0 Å². The van der Waals surface area contributed by atoms with Gasteiger partial charge in [-0.05, 0) is 18.2 Å². The van der Waals surface area contributed by atoms with Crippen molar-refractivity contribution >= 4 is 16.9 Å². The molecule has 1 amide bonds. The number of nitrogens with one attached hydrogen (secondary N) is 1. The molecule has 3 aromatic heterocycles. The normalized spacial score (nSPS) is 11.8. The van der Waals surface area contributed by atoms with E-state index in [4.69, 9.17) is 5.73 Å². The molecule has 112 valence electrons. The fourth-order valence-corrected chi connectivity index (χ4v) is 2.00. The Morgan fingerprint density at radius 2 is 2.00 bits per heavy atom. The zero-order chi connectivity index (χ0) is 15.9. The number of carbonyl (C=O) groups is 1. The largest absolute Gasteiger partial charge is 0.433 e. The van der Waals surface area contributed by atoms with Crippen molar-refractivity contribution in [2.45, 2.75) is 6.18 Å². The maximum absolute atomic E-state index is 12.7. The number of hydrogen-bond acceptors (Lipinski definition) is 4. The number of carbonyl (C=O) groups excluding carboxylic acids is 1. The highest BCUT2D eigenvalue weighted by Crippen LogP contribution is 2.32. The fraction of sp³-hybridized carbons (Fsp3) is 0.0769. The molecule has 3 N–H and O–H groups in total. The highest BCUT2D eigenvalue weighted by molar-refractivity contribution is 5.99. The maximum Gasteiger partial charge on any atom is 0.433 e. The maximum atomic E-state index is 12.7. The third-order valence-corrected chi connectivity index (χ3v) is 3.03. The molecule has 0 atom stereocenters. The van der Waals surface area contributed by atoms with Crippen LogP contribution in [0.2, 0.25) is 0 Å². The van der Waals surface area contributed by atoms with Gasteiger partial charge in [-0.15, -0.1) is 0 Å². The van der Waals surface area contributed by atoms with E-state index < -0.39 is 17.8 Å². The minimum atomic E-state index is -4.55. The summed E-state index contributed by atoms with van der Waals surface area (Å²) < 4.78 is 38.2. The molecule has 3 heterocycles. The summed E-state index contributed by atoms with van der Waals surface area (Å²) in [4.78, 5) is 18.4. The van der Waals surface area contributed by atoms with Crippen LogP contribution in [0.15, 0.2) is 30.6 Å². The number of hydrogen-bond donors (Lipinski definition) is 2. The van der Waals surface area contributed by atoms with E-state index in [9.17, 15) is 18.0 Å². The van der Waals surface area contributed by atoms with E-state index in [0.717, 1.165) is 12.3 Å². The van der Waals surface area contributed by atoms with E-state index in [1.165, 1.54) is 18.3 Å². The van der Waals surface area contributed by atoms with E-state index in [0.29, 0.717) is 11.1 Å². The zero-order valence-electron chi connectivity index (χ0n) is 10.8. The van der Waals surface area contributed by atoms with Gasteiger partial charge in [0.25, 0.3) is 0 Å². The molecule has 0 unspecified atom stereocenters. The van der Waals surface area contributed by atoms with Gasteiger partial charge in [-0.1, -0.05) is 0 Å². The Balaban J connectivity index is 2.18. The van der Waals surface area contributed by atoms with E-state index in [1.54, 1.807) is 0 Å². The van der Waals surface area contributed by atoms with Gasteiger partial charge in [-0.2, -0.15) is 18.3 Å². The number of pyridine rings is 2. The number of alkyl halides is 3. The summed E-state index contributed by atoms with van der Waals surface area (Å²) in [6.07, 6.45) is -2.25. The van der Waals surface area contributed by atoms with Gasteiger partial charge >= 0.3 is 6.18 Å². The molecule has 0 aliphatic rings. The number of primary amides is 1. The van der Waals surface area contributed by atoms with Gasteiger partial charge < -0.3 is 5.73 Å². The van der Waals surface area contributed by atoms with Gasteiger partial charge in [0.1, 0.15) is 5.69 Å². The number of nitrogens with zero attached hydrogens (tertiary/aromatic N) is 3. The van der Waals surface area contributed by atoms with Crippen molar-refractivity contribution in [1.29, 1.82) is 0 Å². The SMILES string of the molecule is NC(=O)c1cnc2n[nH]c(-c3ccnc(C(F)(F)F)c3)c2c1. The molecule has 0 radical (unpaired) electrons. The first-order chi connectivity index (χ1) is 10.4. The third-order valence-electron chi connectivity index (χ3n) is 3.03. The predicted octanol–water partition coefficient (Wildman–Crippen LogP) is 2.14. The molecule has 0 saturated carbocycles. The minimum Gasteiger partial charge on any atom is -0.366 e. The van der Waals surface area contributed by atoms with Crippen LogP contribution < -0.4 is 5.73 Å². The molecular formula is C13H8F3N5O. The Labute approximate surface area is 121 Å². The van der Waals surface area contributed by atoms with Crippen LogP contribution in [-0.4, -0.2) is 26.1 Å². The summed E-state index contributed by atoms with van der Waals surface area (Å²) in [7, 11) is 0. The highest BCUT2D eigenvalue weighted by atomic mass is 19.4.